The Kier molecular flexibility index (Phi) is 4.85. The number of nitrogens with zero attached hydrogens (tertiary/aromatic N) is 8. The van der Waals surface area contributed by atoms with E-state index in [1.165, 1.54) is 17.8 Å². The lowest BCUT2D eigenvalue weighted by Crippen LogP contribution is -2.36. The zero-order valence-corrected chi connectivity index (χ0v) is 18.0. The molecule has 12 nitrogen and oxygen atoms in total. The summed E-state index contributed by atoms with van der Waals surface area (Å²) < 4.78 is 9.22. The summed E-state index contributed by atoms with van der Waals surface area (Å²) in [6, 6.07) is 10.7. The molecule has 0 aliphatic carbocycles. The normalized spacial score (nSPS) is 16.1. The number of anilines is 1. The Hall–Kier alpha value is -4.78. The number of rotatable bonds is 5. The van der Waals surface area contributed by atoms with Gasteiger partial charge in [0.2, 0.25) is 0 Å². The van der Waals surface area contributed by atoms with Crippen LogP contribution in [0.2, 0.25) is 0 Å². The fraction of sp³-hybridized carbons (Fsp3) is 0.0476. The number of H-pyrrole nitrogens is 2. The van der Waals surface area contributed by atoms with Gasteiger partial charge >= 0.3 is 0 Å². The third kappa shape index (κ3) is 3.31. The van der Waals surface area contributed by atoms with Crippen molar-refractivity contribution in [2.45, 2.75) is 6.17 Å². The Labute approximate surface area is 194 Å². The Bertz CT molecular complexity index is 1520. The maximum atomic E-state index is 12.9. The van der Waals surface area contributed by atoms with Crippen molar-refractivity contribution < 1.29 is 4.52 Å². The van der Waals surface area contributed by atoms with Crippen molar-refractivity contribution in [2.24, 2.45) is 4.99 Å². The molecule has 0 saturated heterocycles. The molecule has 0 amide bonds. The molecule has 34 heavy (non-hydrogen) atoms. The second-order valence-corrected chi connectivity index (χ2v) is 7.73. The first kappa shape index (κ1) is 19.9. The first-order valence-electron chi connectivity index (χ1n) is 10.1. The van der Waals surface area contributed by atoms with Gasteiger partial charge in [-0.25, -0.2) is 0 Å². The van der Waals surface area contributed by atoms with E-state index in [1.54, 1.807) is 47.1 Å². The van der Waals surface area contributed by atoms with Crippen LogP contribution in [0, 0.1) is 0 Å². The first-order valence-corrected chi connectivity index (χ1v) is 10.9. The molecule has 0 spiro atoms. The summed E-state index contributed by atoms with van der Waals surface area (Å²) in [6.07, 6.45) is 5.48. The van der Waals surface area contributed by atoms with E-state index in [1.807, 2.05) is 18.2 Å². The van der Waals surface area contributed by atoms with E-state index in [4.69, 9.17) is 9.52 Å². The molecule has 0 saturated carbocycles. The van der Waals surface area contributed by atoms with Crippen LogP contribution in [0.3, 0.4) is 0 Å². The lowest BCUT2D eigenvalue weighted by molar-refractivity contribution is 0.419. The minimum Gasteiger partial charge on any atom is -0.363 e. The monoisotopic (exact) mass is 470 g/mol. The summed E-state index contributed by atoms with van der Waals surface area (Å²) in [5.41, 5.74) is 3.48. The lowest BCUT2D eigenvalue weighted by Gasteiger charge is -2.35. The minimum atomic E-state index is -0.806. The quantitative estimate of drug-likeness (QED) is 0.393. The number of allylic oxidation sites excluding steroid dienone is 1. The van der Waals surface area contributed by atoms with Crippen molar-refractivity contribution in [1.82, 2.24) is 40.1 Å². The molecule has 1 atom stereocenters. The van der Waals surface area contributed by atoms with Crippen molar-refractivity contribution in [2.75, 3.05) is 4.90 Å². The van der Waals surface area contributed by atoms with Crippen LogP contribution < -0.4 is 10.5 Å². The van der Waals surface area contributed by atoms with E-state index < -0.39 is 6.17 Å². The van der Waals surface area contributed by atoms with Crippen molar-refractivity contribution >= 4 is 34.3 Å². The van der Waals surface area contributed by atoms with Gasteiger partial charge in [-0.3, -0.25) is 19.7 Å². The minimum absolute atomic E-state index is 0.286. The van der Waals surface area contributed by atoms with E-state index in [9.17, 15) is 4.79 Å². The van der Waals surface area contributed by atoms with Crippen LogP contribution in [0.15, 0.2) is 80.9 Å². The highest BCUT2D eigenvalue weighted by Gasteiger charge is 2.38. The fourth-order valence-corrected chi connectivity index (χ4v) is 4.24. The molecule has 0 aromatic carbocycles. The maximum Gasteiger partial charge on any atom is 0.255 e. The standard InChI is InChI=1S/C21H14N10O2S/c32-21-12(4-3-8-23-21)20-25-18(13-5-1-2-7-22-13)17(14-10-24-29-26-14)19(15-11-34-30-27-15)31(20)16-6-9-33-28-16/h1-11,20H,(H,23,32)(H,24,26,29). The molecule has 13 heteroatoms. The highest BCUT2D eigenvalue weighted by Crippen LogP contribution is 2.43. The Balaban J connectivity index is 1.72. The molecular weight excluding hydrogens is 456 g/mol. The number of hydrogen-bond donors (Lipinski definition) is 2. The van der Waals surface area contributed by atoms with Crippen LogP contribution in [0.5, 0.6) is 0 Å². The Morgan fingerprint density at radius 2 is 2.06 bits per heavy atom. The van der Waals surface area contributed by atoms with Crippen LogP contribution >= 0.6 is 11.5 Å². The molecule has 1 unspecified atom stereocenters. The molecule has 0 fully saturated rings. The maximum absolute atomic E-state index is 12.9. The number of nitrogens with one attached hydrogen (secondary N) is 2. The molecule has 0 bridgehead atoms. The second kappa shape index (κ2) is 8.29. The predicted octanol–water partition coefficient (Wildman–Crippen LogP) is 2.30. The lowest BCUT2D eigenvalue weighted by atomic mass is 9.95. The summed E-state index contributed by atoms with van der Waals surface area (Å²) in [5, 5.41) is 21.3. The van der Waals surface area contributed by atoms with Crippen LogP contribution in [-0.2, 0) is 0 Å². The van der Waals surface area contributed by atoms with Gasteiger partial charge in [-0.1, -0.05) is 15.7 Å². The number of pyridine rings is 2. The highest BCUT2D eigenvalue weighted by molar-refractivity contribution is 7.03. The second-order valence-electron chi connectivity index (χ2n) is 7.12. The first-order chi connectivity index (χ1) is 16.8. The summed E-state index contributed by atoms with van der Waals surface area (Å²) in [4.78, 5) is 26.9. The van der Waals surface area contributed by atoms with Gasteiger partial charge in [-0.2, -0.15) is 15.4 Å². The van der Waals surface area contributed by atoms with Gasteiger partial charge in [0.25, 0.3) is 5.56 Å². The van der Waals surface area contributed by atoms with Gasteiger partial charge in [0, 0.05) is 23.8 Å². The van der Waals surface area contributed by atoms with Gasteiger partial charge < -0.3 is 9.51 Å². The van der Waals surface area contributed by atoms with E-state index in [0.717, 1.165) is 0 Å². The molecule has 166 valence electrons. The zero-order chi connectivity index (χ0) is 22.9. The number of aromatic amines is 2. The van der Waals surface area contributed by atoms with E-state index >= 15 is 0 Å². The molecular formula is C21H14N10O2S. The summed E-state index contributed by atoms with van der Waals surface area (Å²) in [5.74, 6) is 0.432. The van der Waals surface area contributed by atoms with Crippen LogP contribution in [-0.4, -0.2) is 45.8 Å². The van der Waals surface area contributed by atoms with Crippen LogP contribution in [0.1, 0.15) is 28.8 Å². The SMILES string of the molecule is O=c1[nH]cccc1C1N=C(c2ccccn2)C(c2cn[nH]n2)=C(c2csnn2)N1c1ccon1. The number of hydrogen-bond acceptors (Lipinski definition) is 11. The van der Waals surface area contributed by atoms with Crippen molar-refractivity contribution in [3.05, 3.63) is 99.6 Å². The fourth-order valence-electron chi connectivity index (χ4n) is 3.80. The molecule has 0 radical (unpaired) electrons. The molecule has 1 aliphatic rings. The summed E-state index contributed by atoms with van der Waals surface area (Å²) in [7, 11) is 0. The topological polar surface area (TPSA) is 155 Å². The third-order valence-corrected chi connectivity index (χ3v) is 5.69. The van der Waals surface area contributed by atoms with E-state index in [2.05, 4.69) is 40.1 Å². The summed E-state index contributed by atoms with van der Waals surface area (Å²) in [6.45, 7) is 0. The molecule has 5 aromatic heterocycles. The zero-order valence-electron chi connectivity index (χ0n) is 17.2. The van der Waals surface area contributed by atoms with Gasteiger partial charge in [0.1, 0.15) is 17.7 Å². The van der Waals surface area contributed by atoms with Gasteiger partial charge in [-0.05, 0) is 35.8 Å². The third-order valence-electron chi connectivity index (χ3n) is 5.19. The predicted molar refractivity (Wildman–Crippen MR) is 123 cm³/mol. The molecule has 6 heterocycles. The molecule has 2 N–H and O–H groups in total. The average Bonchev–Trinajstić information content (AvgIpc) is 3.67. The van der Waals surface area contributed by atoms with Gasteiger partial charge in [-0.15, -0.1) is 5.10 Å². The van der Waals surface area contributed by atoms with E-state index in [-0.39, 0.29) is 5.56 Å². The average molecular weight is 470 g/mol. The van der Waals surface area contributed by atoms with Crippen LogP contribution in [0.4, 0.5) is 5.82 Å². The molecule has 6 rings (SSSR count). The van der Waals surface area contributed by atoms with Crippen molar-refractivity contribution in [3.63, 3.8) is 0 Å². The molecule has 1 aliphatic heterocycles. The number of aliphatic imine (C=N–C) groups is 1. The van der Waals surface area contributed by atoms with Gasteiger partial charge in [0.05, 0.1) is 34.4 Å². The highest BCUT2D eigenvalue weighted by atomic mass is 32.1. The Morgan fingerprint density at radius 3 is 2.76 bits per heavy atom. The van der Waals surface area contributed by atoms with Crippen LogP contribution in [0.25, 0.3) is 11.3 Å². The number of aromatic nitrogens is 8. The van der Waals surface area contributed by atoms with Crippen molar-refractivity contribution in [1.29, 1.82) is 0 Å². The molecule has 5 aromatic rings. The summed E-state index contributed by atoms with van der Waals surface area (Å²) >= 11 is 1.20. The largest absolute Gasteiger partial charge is 0.363 e. The smallest absolute Gasteiger partial charge is 0.255 e. The van der Waals surface area contributed by atoms with Crippen molar-refractivity contribution in [3.8, 4) is 0 Å². The van der Waals surface area contributed by atoms with Gasteiger partial charge in [0.15, 0.2) is 12.0 Å². The Morgan fingerprint density at radius 1 is 1.09 bits per heavy atom. The van der Waals surface area contributed by atoms with E-state index in [0.29, 0.717) is 45.4 Å².